The van der Waals surface area contributed by atoms with Gasteiger partial charge in [0.15, 0.2) is 0 Å². The first kappa shape index (κ1) is 17.5. The third-order valence-electron chi connectivity index (χ3n) is 3.46. The summed E-state index contributed by atoms with van der Waals surface area (Å²) in [5.41, 5.74) is 1.56. The first-order valence-corrected chi connectivity index (χ1v) is 8.35. The van der Waals surface area contributed by atoms with Crippen LogP contribution in [0, 0.1) is 0 Å². The van der Waals surface area contributed by atoms with Gasteiger partial charge in [-0.1, -0.05) is 46.6 Å². The molecule has 5 nitrogen and oxygen atoms in total. The third kappa shape index (κ3) is 4.81. The molecule has 3 aromatic rings. The van der Waals surface area contributed by atoms with Crippen molar-refractivity contribution < 1.29 is 14.1 Å². The van der Waals surface area contributed by atoms with Crippen LogP contribution in [0.5, 0.6) is 0 Å². The number of hydrogen-bond donors (Lipinski definition) is 0. The lowest BCUT2D eigenvalue weighted by Gasteiger charge is -2.05. The molecule has 0 spiro atoms. The van der Waals surface area contributed by atoms with E-state index in [0.717, 1.165) is 11.1 Å². The Bertz CT molecular complexity index is 863. The maximum Gasteiger partial charge on any atom is 0.306 e. The smallest absolute Gasteiger partial charge is 0.306 e. The molecule has 2 aromatic carbocycles. The Morgan fingerprint density at radius 1 is 1.08 bits per heavy atom. The van der Waals surface area contributed by atoms with Gasteiger partial charge in [-0.2, -0.15) is 4.98 Å². The minimum Gasteiger partial charge on any atom is -0.461 e. The Morgan fingerprint density at radius 3 is 2.60 bits per heavy atom. The number of halogens is 2. The van der Waals surface area contributed by atoms with Crippen LogP contribution in [0.3, 0.4) is 0 Å². The van der Waals surface area contributed by atoms with Crippen molar-refractivity contribution in [2.24, 2.45) is 0 Å². The van der Waals surface area contributed by atoms with Gasteiger partial charge in [0.05, 0.1) is 6.42 Å². The minimum absolute atomic E-state index is 0.137. The summed E-state index contributed by atoms with van der Waals surface area (Å²) >= 11 is 11.9. The summed E-state index contributed by atoms with van der Waals surface area (Å²) in [5.74, 6) is 0.474. The molecule has 0 aliphatic carbocycles. The van der Waals surface area contributed by atoms with E-state index >= 15 is 0 Å². The maximum absolute atomic E-state index is 11.8. The standard InChI is InChI=1S/C18H14Cl2N2O3/c19-14-7-5-12(6-8-14)18-21-16(25-22-18)9-10-17(23)24-11-13-3-1-2-4-15(13)20/h1-8H,9-11H2. The Hall–Kier alpha value is -2.37. The Labute approximate surface area is 154 Å². The molecule has 0 aliphatic heterocycles. The predicted octanol–water partition coefficient (Wildman–Crippen LogP) is 4.72. The van der Waals surface area contributed by atoms with E-state index in [0.29, 0.717) is 28.2 Å². The van der Waals surface area contributed by atoms with E-state index in [4.69, 9.17) is 32.5 Å². The average Bonchev–Trinajstić information content (AvgIpc) is 3.09. The largest absolute Gasteiger partial charge is 0.461 e. The molecule has 7 heteroatoms. The number of esters is 1. The fourth-order valence-corrected chi connectivity index (χ4v) is 2.44. The SMILES string of the molecule is O=C(CCc1nc(-c2ccc(Cl)cc2)no1)OCc1ccccc1Cl. The van der Waals surface area contributed by atoms with E-state index in [1.54, 1.807) is 30.3 Å². The van der Waals surface area contributed by atoms with Crippen LogP contribution in [-0.4, -0.2) is 16.1 Å². The summed E-state index contributed by atoms with van der Waals surface area (Å²) in [6.45, 7) is 0.137. The predicted molar refractivity (Wildman–Crippen MR) is 94.3 cm³/mol. The van der Waals surface area contributed by atoms with E-state index in [9.17, 15) is 4.79 Å². The van der Waals surface area contributed by atoms with Gasteiger partial charge in [-0.05, 0) is 30.3 Å². The molecule has 0 fully saturated rings. The second-order valence-corrected chi connectivity index (χ2v) is 6.11. The summed E-state index contributed by atoms with van der Waals surface area (Å²) in [6, 6.07) is 14.3. The van der Waals surface area contributed by atoms with Crippen LogP contribution >= 0.6 is 23.2 Å². The van der Waals surface area contributed by atoms with E-state index in [-0.39, 0.29) is 19.0 Å². The second kappa shape index (κ2) is 8.14. The molecule has 128 valence electrons. The number of rotatable bonds is 6. The zero-order chi connectivity index (χ0) is 17.6. The van der Waals surface area contributed by atoms with Crippen molar-refractivity contribution in [3.8, 4) is 11.4 Å². The maximum atomic E-state index is 11.8. The van der Waals surface area contributed by atoms with E-state index < -0.39 is 0 Å². The normalized spacial score (nSPS) is 10.6. The van der Waals surface area contributed by atoms with Gasteiger partial charge in [0, 0.05) is 27.6 Å². The number of aryl methyl sites for hydroxylation is 1. The van der Waals surface area contributed by atoms with E-state index in [1.807, 2.05) is 18.2 Å². The Kier molecular flexibility index (Phi) is 5.68. The minimum atomic E-state index is -0.355. The van der Waals surface area contributed by atoms with Crippen LogP contribution in [-0.2, 0) is 22.6 Å². The van der Waals surface area contributed by atoms with Crippen molar-refractivity contribution in [1.29, 1.82) is 0 Å². The van der Waals surface area contributed by atoms with E-state index in [2.05, 4.69) is 10.1 Å². The van der Waals surface area contributed by atoms with Crippen molar-refractivity contribution in [2.75, 3.05) is 0 Å². The van der Waals surface area contributed by atoms with Gasteiger partial charge in [0.25, 0.3) is 0 Å². The Balaban J connectivity index is 1.51. The molecule has 0 aliphatic rings. The lowest BCUT2D eigenvalue weighted by atomic mass is 10.2. The molecule has 3 rings (SSSR count). The highest BCUT2D eigenvalue weighted by molar-refractivity contribution is 6.31. The molecular weight excluding hydrogens is 363 g/mol. The van der Waals surface area contributed by atoms with Gasteiger partial charge in [0.1, 0.15) is 6.61 Å². The van der Waals surface area contributed by atoms with Gasteiger partial charge in [-0.3, -0.25) is 4.79 Å². The van der Waals surface area contributed by atoms with Crippen LogP contribution in [0.2, 0.25) is 10.0 Å². The number of nitrogens with zero attached hydrogens (tertiary/aromatic N) is 2. The van der Waals surface area contributed by atoms with Gasteiger partial charge in [0.2, 0.25) is 11.7 Å². The second-order valence-electron chi connectivity index (χ2n) is 5.27. The molecule has 1 aromatic heterocycles. The Morgan fingerprint density at radius 2 is 1.84 bits per heavy atom. The van der Waals surface area contributed by atoms with Gasteiger partial charge < -0.3 is 9.26 Å². The van der Waals surface area contributed by atoms with E-state index in [1.165, 1.54) is 0 Å². The van der Waals surface area contributed by atoms with Crippen LogP contribution in [0.15, 0.2) is 53.1 Å². The van der Waals surface area contributed by atoms with Crippen LogP contribution < -0.4 is 0 Å². The number of carbonyl (C=O) groups excluding carboxylic acids is 1. The molecule has 0 unspecified atom stereocenters. The van der Waals surface area contributed by atoms with Crippen molar-refractivity contribution in [3.05, 3.63) is 70.0 Å². The molecule has 25 heavy (non-hydrogen) atoms. The highest BCUT2D eigenvalue weighted by Gasteiger charge is 2.12. The summed E-state index contributed by atoms with van der Waals surface area (Å²) in [6.07, 6.45) is 0.453. The number of hydrogen-bond acceptors (Lipinski definition) is 5. The number of aromatic nitrogens is 2. The quantitative estimate of drug-likeness (QED) is 0.582. The average molecular weight is 377 g/mol. The highest BCUT2D eigenvalue weighted by atomic mass is 35.5. The monoisotopic (exact) mass is 376 g/mol. The van der Waals surface area contributed by atoms with Crippen molar-refractivity contribution in [3.63, 3.8) is 0 Å². The van der Waals surface area contributed by atoms with Gasteiger partial charge >= 0.3 is 5.97 Å². The third-order valence-corrected chi connectivity index (χ3v) is 4.08. The summed E-state index contributed by atoms with van der Waals surface area (Å²) in [5, 5.41) is 5.10. The van der Waals surface area contributed by atoms with Crippen LogP contribution in [0.1, 0.15) is 17.9 Å². The van der Waals surface area contributed by atoms with Crippen molar-refractivity contribution >= 4 is 29.2 Å². The van der Waals surface area contributed by atoms with Crippen molar-refractivity contribution in [2.45, 2.75) is 19.4 Å². The molecule has 0 N–H and O–H groups in total. The molecule has 0 radical (unpaired) electrons. The molecule has 1 heterocycles. The first-order chi connectivity index (χ1) is 12.1. The summed E-state index contributed by atoms with van der Waals surface area (Å²) in [7, 11) is 0. The zero-order valence-electron chi connectivity index (χ0n) is 13.1. The topological polar surface area (TPSA) is 65.2 Å². The lowest BCUT2D eigenvalue weighted by molar-refractivity contribution is -0.145. The van der Waals surface area contributed by atoms with Crippen LogP contribution in [0.4, 0.5) is 0 Å². The highest BCUT2D eigenvalue weighted by Crippen LogP contribution is 2.19. The summed E-state index contributed by atoms with van der Waals surface area (Å²) in [4.78, 5) is 16.1. The fraction of sp³-hybridized carbons (Fsp3) is 0.167. The lowest BCUT2D eigenvalue weighted by Crippen LogP contribution is -2.06. The molecular formula is C18H14Cl2N2O3. The molecule has 0 bridgehead atoms. The number of carbonyl (C=O) groups is 1. The molecule has 0 saturated heterocycles. The van der Waals surface area contributed by atoms with Crippen LogP contribution in [0.25, 0.3) is 11.4 Å². The van der Waals surface area contributed by atoms with Gasteiger partial charge in [-0.15, -0.1) is 0 Å². The zero-order valence-corrected chi connectivity index (χ0v) is 14.6. The molecule has 0 atom stereocenters. The fourth-order valence-electron chi connectivity index (χ4n) is 2.13. The van der Waals surface area contributed by atoms with Crippen molar-refractivity contribution in [1.82, 2.24) is 10.1 Å². The molecule has 0 amide bonds. The first-order valence-electron chi connectivity index (χ1n) is 7.59. The van der Waals surface area contributed by atoms with Gasteiger partial charge in [-0.25, -0.2) is 0 Å². The molecule has 0 saturated carbocycles. The number of ether oxygens (including phenoxy) is 1. The number of benzene rings is 2. The summed E-state index contributed by atoms with van der Waals surface area (Å²) < 4.78 is 10.4.